The van der Waals surface area contributed by atoms with Crippen molar-refractivity contribution in [2.45, 2.75) is 12.8 Å². The van der Waals surface area contributed by atoms with Gasteiger partial charge in [0.25, 0.3) is 0 Å². The monoisotopic (exact) mass is 379 g/mol. The summed E-state index contributed by atoms with van der Waals surface area (Å²) in [5.41, 5.74) is 2.43. The fourth-order valence-electron chi connectivity index (χ4n) is 2.60. The van der Waals surface area contributed by atoms with Gasteiger partial charge in [0.1, 0.15) is 0 Å². The van der Waals surface area contributed by atoms with Gasteiger partial charge in [-0.2, -0.15) is 16.6 Å². The first kappa shape index (κ1) is 19.5. The second kappa shape index (κ2) is 9.63. The number of methoxy groups -OCH3 is 1. The van der Waals surface area contributed by atoms with Gasteiger partial charge in [0.05, 0.1) is 48.5 Å². The Morgan fingerprint density at radius 1 is 1.48 bits per heavy atom. The highest BCUT2D eigenvalue weighted by Crippen LogP contribution is 2.39. The topological polar surface area (TPSA) is 83.4 Å². The van der Waals surface area contributed by atoms with Gasteiger partial charge in [-0.05, 0) is 29.3 Å². The first-order valence-electron chi connectivity index (χ1n) is 7.80. The van der Waals surface area contributed by atoms with Gasteiger partial charge in [-0.1, -0.05) is 0 Å². The van der Waals surface area contributed by atoms with E-state index >= 15 is 0 Å². The highest BCUT2D eigenvalue weighted by atomic mass is 32.1. The molecule has 1 fully saturated rings. The average molecular weight is 380 g/mol. The summed E-state index contributed by atoms with van der Waals surface area (Å²) in [6.45, 7) is 5.61. The van der Waals surface area contributed by atoms with Crippen LogP contribution in [0.3, 0.4) is 0 Å². The van der Waals surface area contributed by atoms with Crippen LogP contribution in [-0.4, -0.2) is 39.4 Å². The third-order valence-electron chi connectivity index (χ3n) is 3.79. The highest BCUT2D eigenvalue weighted by Gasteiger charge is 2.34. The number of thiophene rings is 1. The molecule has 3 heterocycles. The molecule has 2 N–H and O–H groups in total. The van der Waals surface area contributed by atoms with Crippen molar-refractivity contribution in [2.75, 3.05) is 33.4 Å². The molecule has 2 aliphatic heterocycles. The number of carbonyl (C=O) groups excluding carboxylic acids is 1. The summed E-state index contributed by atoms with van der Waals surface area (Å²) < 4.78 is 9.83. The van der Waals surface area contributed by atoms with Crippen molar-refractivity contribution >= 4 is 29.9 Å². The number of thiol groups is 1. The first-order valence-corrected chi connectivity index (χ1v) is 9.19. The van der Waals surface area contributed by atoms with Crippen LogP contribution in [0.1, 0.15) is 18.4 Å². The third kappa shape index (κ3) is 4.86. The Bertz CT molecular complexity index is 690. The number of ether oxygens (including phenoxy) is 2. The van der Waals surface area contributed by atoms with Crippen LogP contribution in [0.15, 0.2) is 38.7 Å². The molecular weight excluding hydrogens is 358 g/mol. The molecular formula is C17H21N3O3S2. The molecule has 0 aromatic carbocycles. The van der Waals surface area contributed by atoms with E-state index in [9.17, 15) is 10.1 Å². The highest BCUT2D eigenvalue weighted by molar-refractivity contribution is 7.84. The summed E-state index contributed by atoms with van der Waals surface area (Å²) in [7, 11) is 1.33. The number of hydrogen-bond donors (Lipinski definition) is 3. The number of dihydropyridines is 1. The number of allylic oxidation sites excluding steroid dienone is 2. The molecule has 0 radical (unpaired) electrons. The number of esters is 1. The van der Waals surface area contributed by atoms with Gasteiger partial charge in [-0.3, -0.25) is 0 Å². The number of morpholine rings is 1. The molecule has 1 unspecified atom stereocenters. The molecule has 1 aromatic heterocycles. The number of nitriles is 1. The van der Waals surface area contributed by atoms with Crippen molar-refractivity contribution < 1.29 is 14.3 Å². The Kier molecular flexibility index (Phi) is 7.52. The lowest BCUT2D eigenvalue weighted by molar-refractivity contribution is -0.136. The minimum absolute atomic E-state index is 0.419. The predicted octanol–water partition coefficient (Wildman–Crippen LogP) is 2.15. The Morgan fingerprint density at radius 2 is 2.20 bits per heavy atom. The second-order valence-corrected chi connectivity index (χ2v) is 6.61. The summed E-state index contributed by atoms with van der Waals surface area (Å²) in [6.07, 6.45) is 0. The summed E-state index contributed by atoms with van der Waals surface area (Å²) in [5.74, 6) is -0.854. The molecule has 0 spiro atoms. The van der Waals surface area contributed by atoms with Crippen molar-refractivity contribution in [3.63, 3.8) is 0 Å². The molecule has 8 heteroatoms. The van der Waals surface area contributed by atoms with E-state index in [-0.39, 0.29) is 0 Å². The quantitative estimate of drug-likeness (QED) is 0.539. The van der Waals surface area contributed by atoms with E-state index in [1.54, 1.807) is 6.92 Å². The van der Waals surface area contributed by atoms with E-state index in [1.807, 2.05) is 16.8 Å². The van der Waals surface area contributed by atoms with Crippen molar-refractivity contribution in [1.82, 2.24) is 10.6 Å². The van der Waals surface area contributed by atoms with E-state index in [1.165, 1.54) is 18.4 Å². The number of nitrogens with zero attached hydrogens (tertiary/aromatic N) is 1. The lowest BCUT2D eigenvalue weighted by Crippen LogP contribution is -2.30. The zero-order chi connectivity index (χ0) is 18.2. The average Bonchev–Trinajstić information content (AvgIpc) is 3.17. The van der Waals surface area contributed by atoms with Crippen LogP contribution in [0.25, 0.3) is 0 Å². The van der Waals surface area contributed by atoms with Gasteiger partial charge in [0.2, 0.25) is 0 Å². The smallest absolute Gasteiger partial charge is 0.336 e. The van der Waals surface area contributed by atoms with Crippen LogP contribution >= 0.6 is 24.0 Å². The minimum atomic E-state index is -0.435. The van der Waals surface area contributed by atoms with Crippen molar-refractivity contribution in [2.24, 2.45) is 0 Å². The first-order chi connectivity index (χ1) is 12.1. The number of rotatable bonds is 2. The van der Waals surface area contributed by atoms with Gasteiger partial charge in [-0.15, -0.1) is 12.6 Å². The van der Waals surface area contributed by atoms with Gasteiger partial charge in [0, 0.05) is 18.8 Å². The standard InChI is InChI=1S/C13H12N2O2S2.C4H9NO/c1-7-10(13(16)17-2)11(8-3-4-19-6-8)9(5-14)12(18)15-7;1-3-6-4-2-5-1/h3-4,6,11,15,18H,1-2H3;5H,1-4H2. The normalized spacial score (nSPS) is 20.2. The summed E-state index contributed by atoms with van der Waals surface area (Å²) in [6, 6.07) is 4.02. The molecule has 0 aliphatic carbocycles. The molecule has 0 bridgehead atoms. The Balaban J connectivity index is 0.000000316. The maximum absolute atomic E-state index is 12.0. The van der Waals surface area contributed by atoms with Crippen LogP contribution in [0.2, 0.25) is 0 Å². The van der Waals surface area contributed by atoms with Gasteiger partial charge in [-0.25, -0.2) is 4.79 Å². The van der Waals surface area contributed by atoms with Crippen LogP contribution in [0, 0.1) is 11.3 Å². The van der Waals surface area contributed by atoms with Crippen molar-refractivity contribution in [3.8, 4) is 6.07 Å². The maximum atomic E-state index is 12.0. The third-order valence-corrected chi connectivity index (χ3v) is 4.85. The molecule has 1 saturated heterocycles. The number of carbonyl (C=O) groups is 1. The van der Waals surface area contributed by atoms with Gasteiger partial charge < -0.3 is 20.1 Å². The molecule has 0 amide bonds. The Morgan fingerprint density at radius 3 is 2.64 bits per heavy atom. The van der Waals surface area contributed by atoms with E-state index in [4.69, 9.17) is 9.47 Å². The van der Waals surface area contributed by atoms with Crippen LogP contribution < -0.4 is 10.6 Å². The lowest BCUT2D eigenvalue weighted by atomic mass is 9.84. The van der Waals surface area contributed by atoms with Gasteiger partial charge >= 0.3 is 5.97 Å². The molecule has 2 aliphatic rings. The molecule has 6 nitrogen and oxygen atoms in total. The largest absolute Gasteiger partial charge is 0.466 e. The van der Waals surface area contributed by atoms with E-state index in [0.29, 0.717) is 21.9 Å². The lowest BCUT2D eigenvalue weighted by Gasteiger charge is -2.26. The second-order valence-electron chi connectivity index (χ2n) is 5.38. The van der Waals surface area contributed by atoms with Crippen LogP contribution in [0.4, 0.5) is 0 Å². The van der Waals surface area contributed by atoms with Crippen molar-refractivity contribution in [3.05, 3.63) is 44.3 Å². The number of nitrogens with one attached hydrogen (secondary N) is 2. The fourth-order valence-corrected chi connectivity index (χ4v) is 3.63. The Labute approximate surface area is 156 Å². The molecule has 1 aromatic rings. The molecule has 25 heavy (non-hydrogen) atoms. The molecule has 1 atom stereocenters. The fraction of sp³-hybridized carbons (Fsp3) is 0.412. The summed E-state index contributed by atoms with van der Waals surface area (Å²) in [5, 5.41) is 19.7. The SMILES string of the molecule is C1COCCN1.COC(=O)C1=C(C)NC(S)=C(C#N)C1c1ccsc1. The molecule has 3 rings (SSSR count). The summed E-state index contributed by atoms with van der Waals surface area (Å²) in [4.78, 5) is 12.0. The zero-order valence-corrected chi connectivity index (χ0v) is 15.9. The maximum Gasteiger partial charge on any atom is 0.336 e. The van der Waals surface area contributed by atoms with Crippen LogP contribution in [-0.2, 0) is 14.3 Å². The zero-order valence-electron chi connectivity index (χ0n) is 14.2. The Hall–Kier alpha value is -1.79. The van der Waals surface area contributed by atoms with E-state index in [0.717, 1.165) is 31.9 Å². The van der Waals surface area contributed by atoms with Crippen LogP contribution in [0.5, 0.6) is 0 Å². The number of hydrogen-bond acceptors (Lipinski definition) is 8. The van der Waals surface area contributed by atoms with Gasteiger partial charge in [0.15, 0.2) is 0 Å². The van der Waals surface area contributed by atoms with Crippen molar-refractivity contribution in [1.29, 1.82) is 5.26 Å². The molecule has 134 valence electrons. The molecule has 0 saturated carbocycles. The predicted molar refractivity (Wildman–Crippen MR) is 100 cm³/mol. The van der Waals surface area contributed by atoms with E-state index < -0.39 is 11.9 Å². The minimum Gasteiger partial charge on any atom is -0.466 e. The summed E-state index contributed by atoms with van der Waals surface area (Å²) >= 11 is 5.81. The van der Waals surface area contributed by atoms with E-state index in [2.05, 4.69) is 29.3 Å².